The monoisotopic (exact) mass is 304 g/mol. The van der Waals surface area contributed by atoms with Gasteiger partial charge in [0.2, 0.25) is 0 Å². The van der Waals surface area contributed by atoms with E-state index < -0.39 is 0 Å². The number of ketones is 2. The standard InChI is InChI=1S/C21H20O2/c22-20(15-7-13-18-9-3-1-4-10-18)17-21(23)16-8-14-19-11-5-2-6-12-19/h1-14H,15-17H2/b13-7+,14-8+. The maximum Gasteiger partial charge on any atom is 0.144 e. The van der Waals surface area contributed by atoms with E-state index in [1.165, 1.54) is 0 Å². The smallest absolute Gasteiger partial charge is 0.144 e. The molecule has 2 nitrogen and oxygen atoms in total. The SMILES string of the molecule is O=C(C/C=C/c1ccccc1)CC(=O)C/C=C/c1ccccc1. The Labute approximate surface area is 137 Å². The van der Waals surface area contributed by atoms with Crippen LogP contribution in [0.4, 0.5) is 0 Å². The van der Waals surface area contributed by atoms with Gasteiger partial charge in [0.05, 0.1) is 6.42 Å². The topological polar surface area (TPSA) is 34.1 Å². The predicted molar refractivity (Wildman–Crippen MR) is 94.8 cm³/mol. The van der Waals surface area contributed by atoms with Gasteiger partial charge in [-0.25, -0.2) is 0 Å². The number of benzene rings is 2. The first-order valence-electron chi connectivity index (χ1n) is 7.70. The maximum absolute atomic E-state index is 11.8. The van der Waals surface area contributed by atoms with Crippen molar-refractivity contribution in [2.24, 2.45) is 0 Å². The molecule has 2 aromatic rings. The summed E-state index contributed by atoms with van der Waals surface area (Å²) in [5.41, 5.74) is 2.11. The molecule has 0 atom stereocenters. The first-order chi connectivity index (χ1) is 11.2. The van der Waals surface area contributed by atoms with E-state index in [-0.39, 0.29) is 18.0 Å². The van der Waals surface area contributed by atoms with Gasteiger partial charge >= 0.3 is 0 Å². The zero-order valence-electron chi connectivity index (χ0n) is 13.0. The lowest BCUT2D eigenvalue weighted by Crippen LogP contribution is -2.05. The van der Waals surface area contributed by atoms with E-state index in [0.29, 0.717) is 12.8 Å². The van der Waals surface area contributed by atoms with Crippen LogP contribution in [0.3, 0.4) is 0 Å². The average molecular weight is 304 g/mol. The van der Waals surface area contributed by atoms with Crippen LogP contribution in [0.5, 0.6) is 0 Å². The molecule has 0 radical (unpaired) electrons. The van der Waals surface area contributed by atoms with Gasteiger partial charge in [0.15, 0.2) is 0 Å². The van der Waals surface area contributed by atoms with Crippen LogP contribution in [0.25, 0.3) is 12.2 Å². The fourth-order valence-corrected chi connectivity index (χ4v) is 2.15. The molecule has 2 aromatic carbocycles. The molecule has 0 aliphatic carbocycles. The molecule has 0 N–H and O–H groups in total. The Kier molecular flexibility index (Phi) is 6.73. The summed E-state index contributed by atoms with van der Waals surface area (Å²) in [7, 11) is 0. The average Bonchev–Trinajstić information content (AvgIpc) is 2.57. The summed E-state index contributed by atoms with van der Waals surface area (Å²) >= 11 is 0. The van der Waals surface area contributed by atoms with Gasteiger partial charge in [0.1, 0.15) is 11.6 Å². The second-order valence-electron chi connectivity index (χ2n) is 5.29. The minimum absolute atomic E-state index is 0.00173. The van der Waals surface area contributed by atoms with Crippen LogP contribution in [0.1, 0.15) is 30.4 Å². The highest BCUT2D eigenvalue weighted by Gasteiger charge is 2.06. The summed E-state index contributed by atoms with van der Waals surface area (Å²) in [6, 6.07) is 19.6. The number of hydrogen-bond acceptors (Lipinski definition) is 2. The largest absolute Gasteiger partial charge is 0.299 e. The van der Waals surface area contributed by atoms with Gasteiger partial charge in [-0.1, -0.05) is 85.0 Å². The lowest BCUT2D eigenvalue weighted by molar-refractivity contribution is -0.126. The number of allylic oxidation sites excluding steroid dienone is 2. The van der Waals surface area contributed by atoms with Crippen LogP contribution in [0.15, 0.2) is 72.8 Å². The summed E-state index contributed by atoms with van der Waals surface area (Å²) in [6.45, 7) is 0. The van der Waals surface area contributed by atoms with Crippen molar-refractivity contribution < 1.29 is 9.59 Å². The van der Waals surface area contributed by atoms with Crippen molar-refractivity contribution in [2.75, 3.05) is 0 Å². The molecular formula is C21H20O2. The van der Waals surface area contributed by atoms with Gasteiger partial charge in [-0.2, -0.15) is 0 Å². The lowest BCUT2D eigenvalue weighted by atomic mass is 10.1. The van der Waals surface area contributed by atoms with Crippen LogP contribution < -0.4 is 0 Å². The Bertz CT molecular complexity index is 621. The highest BCUT2D eigenvalue weighted by molar-refractivity contribution is 6.00. The molecule has 0 bridgehead atoms. The molecule has 0 fully saturated rings. The van der Waals surface area contributed by atoms with E-state index in [0.717, 1.165) is 11.1 Å². The Balaban J connectivity index is 1.71. The second-order valence-corrected chi connectivity index (χ2v) is 5.29. The van der Waals surface area contributed by atoms with Gasteiger partial charge < -0.3 is 0 Å². The Morgan fingerprint density at radius 1 is 0.652 bits per heavy atom. The van der Waals surface area contributed by atoms with Crippen LogP contribution in [0, 0.1) is 0 Å². The Morgan fingerprint density at radius 3 is 1.43 bits per heavy atom. The molecule has 0 saturated heterocycles. The summed E-state index contributed by atoms with van der Waals surface area (Å²) in [5, 5.41) is 0. The predicted octanol–water partition coefficient (Wildman–Crippen LogP) is 4.72. The van der Waals surface area contributed by atoms with E-state index in [1.54, 1.807) is 0 Å². The van der Waals surface area contributed by atoms with Crippen LogP contribution in [0.2, 0.25) is 0 Å². The van der Waals surface area contributed by atoms with Crippen molar-refractivity contribution in [1.29, 1.82) is 0 Å². The first kappa shape index (κ1) is 16.6. The van der Waals surface area contributed by atoms with Crippen molar-refractivity contribution in [2.45, 2.75) is 19.3 Å². The molecule has 2 rings (SSSR count). The number of carbonyl (C=O) groups excluding carboxylic acids is 2. The molecule has 0 heterocycles. The van der Waals surface area contributed by atoms with E-state index in [1.807, 2.05) is 85.0 Å². The van der Waals surface area contributed by atoms with E-state index in [4.69, 9.17) is 0 Å². The third kappa shape index (κ3) is 6.70. The zero-order valence-corrected chi connectivity index (χ0v) is 13.0. The number of carbonyl (C=O) groups is 2. The van der Waals surface area contributed by atoms with Gasteiger partial charge in [-0.15, -0.1) is 0 Å². The summed E-state index contributed by atoms with van der Waals surface area (Å²) in [4.78, 5) is 23.6. The van der Waals surface area contributed by atoms with Crippen LogP contribution in [-0.2, 0) is 9.59 Å². The van der Waals surface area contributed by atoms with Crippen molar-refractivity contribution in [3.05, 3.63) is 83.9 Å². The number of hydrogen-bond donors (Lipinski definition) is 0. The third-order valence-electron chi connectivity index (χ3n) is 3.31. The quantitative estimate of drug-likeness (QED) is 0.661. The van der Waals surface area contributed by atoms with Gasteiger partial charge in [0.25, 0.3) is 0 Å². The van der Waals surface area contributed by atoms with Crippen LogP contribution in [-0.4, -0.2) is 11.6 Å². The summed E-state index contributed by atoms with van der Waals surface area (Å²) < 4.78 is 0. The molecule has 0 aromatic heterocycles. The molecule has 0 aliphatic rings. The fourth-order valence-electron chi connectivity index (χ4n) is 2.15. The van der Waals surface area contributed by atoms with Crippen molar-refractivity contribution in [1.82, 2.24) is 0 Å². The Morgan fingerprint density at radius 2 is 1.04 bits per heavy atom. The third-order valence-corrected chi connectivity index (χ3v) is 3.31. The summed E-state index contributed by atoms with van der Waals surface area (Å²) in [5.74, 6) is -0.0921. The molecule has 0 amide bonds. The number of rotatable bonds is 8. The van der Waals surface area contributed by atoms with Crippen molar-refractivity contribution >= 4 is 23.7 Å². The van der Waals surface area contributed by atoms with Crippen molar-refractivity contribution in [3.63, 3.8) is 0 Å². The molecule has 23 heavy (non-hydrogen) atoms. The molecule has 0 aliphatic heterocycles. The van der Waals surface area contributed by atoms with Crippen LogP contribution >= 0.6 is 0 Å². The molecule has 0 spiro atoms. The lowest BCUT2D eigenvalue weighted by Gasteiger charge is -1.96. The molecule has 2 heteroatoms. The van der Waals surface area contributed by atoms with E-state index in [2.05, 4.69) is 0 Å². The minimum atomic E-state index is -0.0460. The van der Waals surface area contributed by atoms with E-state index >= 15 is 0 Å². The van der Waals surface area contributed by atoms with Gasteiger partial charge in [-0.3, -0.25) is 9.59 Å². The number of Topliss-reactive ketones (excluding diaryl/α,β-unsaturated/α-hetero) is 2. The second kappa shape index (κ2) is 9.31. The van der Waals surface area contributed by atoms with Gasteiger partial charge in [-0.05, 0) is 11.1 Å². The fraction of sp³-hybridized carbons (Fsp3) is 0.143. The normalized spacial score (nSPS) is 11.1. The molecule has 0 unspecified atom stereocenters. The molecule has 0 saturated carbocycles. The maximum atomic E-state index is 11.8. The first-order valence-corrected chi connectivity index (χ1v) is 7.70. The minimum Gasteiger partial charge on any atom is -0.299 e. The molecular weight excluding hydrogens is 284 g/mol. The Hall–Kier alpha value is -2.74. The summed E-state index contributed by atoms with van der Waals surface area (Å²) in [6.07, 6.45) is 8.01. The van der Waals surface area contributed by atoms with E-state index in [9.17, 15) is 9.59 Å². The zero-order chi connectivity index (χ0) is 16.3. The van der Waals surface area contributed by atoms with Crippen molar-refractivity contribution in [3.8, 4) is 0 Å². The molecule has 116 valence electrons. The van der Waals surface area contributed by atoms with Gasteiger partial charge in [0, 0.05) is 12.8 Å². The highest BCUT2D eigenvalue weighted by Crippen LogP contribution is 2.05. The highest BCUT2D eigenvalue weighted by atomic mass is 16.1.